The zero-order valence-electron chi connectivity index (χ0n) is 8.08. The Balaban J connectivity index is 3.30. The highest BCUT2D eigenvalue weighted by Crippen LogP contribution is 2.41. The molecular weight excluding hydrogens is 350 g/mol. The van der Waals surface area contributed by atoms with E-state index >= 15 is 0 Å². The van der Waals surface area contributed by atoms with Gasteiger partial charge >= 0.3 is 7.82 Å². The molecule has 0 aliphatic carbocycles. The first kappa shape index (κ1) is 13.4. The molecule has 0 unspecified atom stereocenters. The van der Waals surface area contributed by atoms with Crippen LogP contribution < -0.4 is 4.52 Å². The second kappa shape index (κ2) is 5.13. The number of benzene rings is 1. The molecule has 1 aromatic rings. The van der Waals surface area contributed by atoms with Gasteiger partial charge in [0.2, 0.25) is 0 Å². The largest absolute Gasteiger partial charge is 0.524 e. The lowest BCUT2D eigenvalue weighted by Crippen LogP contribution is -2.00. The number of hydrogen-bond acceptors (Lipinski definition) is 4. The Morgan fingerprint density at radius 1 is 1.44 bits per heavy atom. The van der Waals surface area contributed by atoms with E-state index in [4.69, 9.17) is 9.79 Å². The zero-order valence-corrected chi connectivity index (χ0v) is 11.1. The van der Waals surface area contributed by atoms with Gasteiger partial charge in [0.25, 0.3) is 0 Å². The fraction of sp³-hybridized carbons (Fsp3) is 0.125. The van der Waals surface area contributed by atoms with Crippen LogP contribution in [0.15, 0.2) is 18.2 Å². The highest BCUT2D eigenvalue weighted by molar-refractivity contribution is 14.1. The van der Waals surface area contributed by atoms with Gasteiger partial charge in [-0.3, -0.25) is 17.7 Å². The molecule has 0 atom stereocenters. The average Bonchev–Trinajstić information content (AvgIpc) is 2.14. The van der Waals surface area contributed by atoms with Crippen LogP contribution in [0.4, 0.5) is 0 Å². The summed E-state index contributed by atoms with van der Waals surface area (Å²) in [5, 5.41) is 0. The number of carbonyl (C=O) groups is 1. The Morgan fingerprint density at radius 3 is 2.50 bits per heavy atom. The standard InChI is InChI=1S/C8H8IO6P/c1-5(10)6-3-2-4-7(8(6)9-11)15-16(12,13)14/h2-4H,1H3,(H2,12,13,14). The van der Waals surface area contributed by atoms with E-state index in [9.17, 15) is 12.4 Å². The van der Waals surface area contributed by atoms with Crippen molar-refractivity contribution in [2.75, 3.05) is 0 Å². The second-order valence-electron chi connectivity index (χ2n) is 2.83. The highest BCUT2D eigenvalue weighted by Gasteiger charge is 2.21. The summed E-state index contributed by atoms with van der Waals surface area (Å²) in [5.74, 6) is -0.537. The van der Waals surface area contributed by atoms with Crippen molar-refractivity contribution >= 4 is 34.8 Å². The van der Waals surface area contributed by atoms with Crippen LogP contribution >= 0.6 is 29.0 Å². The molecule has 0 aromatic heterocycles. The van der Waals surface area contributed by atoms with Gasteiger partial charge < -0.3 is 4.52 Å². The van der Waals surface area contributed by atoms with Crippen LogP contribution in [-0.2, 0) is 7.63 Å². The third-order valence-corrected chi connectivity index (χ3v) is 3.62. The first-order valence-electron chi connectivity index (χ1n) is 4.01. The summed E-state index contributed by atoms with van der Waals surface area (Å²) in [4.78, 5) is 28.4. The highest BCUT2D eigenvalue weighted by atomic mass is 127. The Bertz CT molecular complexity index is 479. The maximum Gasteiger partial charge on any atom is 0.524 e. The van der Waals surface area contributed by atoms with Crippen LogP contribution in [0.5, 0.6) is 5.75 Å². The number of rotatable bonds is 4. The van der Waals surface area contributed by atoms with Gasteiger partial charge in [-0.05, 0) is 19.1 Å². The minimum Gasteiger partial charge on any atom is -0.403 e. The summed E-state index contributed by atoms with van der Waals surface area (Å²) in [6.45, 7) is 1.28. The molecule has 0 aliphatic rings. The molecule has 0 aliphatic heterocycles. The maximum atomic E-state index is 11.2. The third-order valence-electron chi connectivity index (χ3n) is 1.64. The Labute approximate surface area is 102 Å². The summed E-state index contributed by atoms with van der Waals surface area (Å²) in [7, 11) is -4.71. The van der Waals surface area contributed by atoms with Crippen LogP contribution in [-0.4, -0.2) is 15.6 Å². The fourth-order valence-electron chi connectivity index (χ4n) is 1.06. The molecule has 0 heterocycles. The molecule has 0 saturated carbocycles. The fourth-order valence-corrected chi connectivity index (χ4v) is 2.95. The summed E-state index contributed by atoms with van der Waals surface area (Å²) in [6, 6.07) is 4.10. The molecule has 0 saturated heterocycles. The molecule has 8 heteroatoms. The lowest BCUT2D eigenvalue weighted by Gasteiger charge is -2.09. The molecule has 1 rings (SSSR count). The monoisotopic (exact) mass is 358 g/mol. The number of carbonyl (C=O) groups excluding carboxylic acids is 1. The van der Waals surface area contributed by atoms with Crippen LogP contribution in [0, 0.1) is 3.57 Å². The molecule has 0 fully saturated rings. The lowest BCUT2D eigenvalue weighted by atomic mass is 10.1. The van der Waals surface area contributed by atoms with E-state index in [1.54, 1.807) is 0 Å². The Morgan fingerprint density at radius 2 is 2.06 bits per heavy atom. The van der Waals surface area contributed by atoms with Crippen molar-refractivity contribution in [1.29, 1.82) is 0 Å². The van der Waals surface area contributed by atoms with E-state index in [1.807, 2.05) is 0 Å². The number of phosphoric acid groups is 1. The molecular formula is C8H8IO6P. The lowest BCUT2D eigenvalue weighted by molar-refractivity contribution is 0.101. The molecule has 0 amide bonds. The third kappa shape index (κ3) is 3.44. The van der Waals surface area contributed by atoms with Gasteiger partial charge in [-0.1, -0.05) is 6.07 Å². The van der Waals surface area contributed by atoms with E-state index in [2.05, 4.69) is 4.52 Å². The van der Waals surface area contributed by atoms with Gasteiger partial charge in [0.1, 0.15) is 5.75 Å². The van der Waals surface area contributed by atoms with Gasteiger partial charge in [0, 0.05) is 5.56 Å². The van der Waals surface area contributed by atoms with Crippen molar-refractivity contribution in [1.82, 2.24) is 0 Å². The van der Waals surface area contributed by atoms with Gasteiger partial charge in [-0.15, -0.1) is 0 Å². The normalized spacial score (nSPS) is 11.2. The summed E-state index contributed by atoms with van der Waals surface area (Å²) >= 11 is -1.76. The van der Waals surface area contributed by atoms with E-state index < -0.39 is 29.0 Å². The van der Waals surface area contributed by atoms with Crippen molar-refractivity contribution in [2.24, 2.45) is 0 Å². The van der Waals surface area contributed by atoms with Gasteiger partial charge in [0.05, 0.1) is 3.57 Å². The summed E-state index contributed by atoms with van der Waals surface area (Å²) in [6.07, 6.45) is 0. The minimum absolute atomic E-state index is 0.0668. The molecule has 0 radical (unpaired) electrons. The van der Waals surface area contributed by atoms with E-state index in [0.717, 1.165) is 0 Å². The predicted molar refractivity (Wildman–Crippen MR) is 62.5 cm³/mol. The van der Waals surface area contributed by atoms with Crippen LogP contribution in [0.1, 0.15) is 17.3 Å². The van der Waals surface area contributed by atoms with E-state index in [0.29, 0.717) is 0 Å². The number of ketones is 1. The van der Waals surface area contributed by atoms with Gasteiger partial charge in [0.15, 0.2) is 27.0 Å². The van der Waals surface area contributed by atoms with Gasteiger partial charge in [-0.25, -0.2) is 4.57 Å². The van der Waals surface area contributed by atoms with Crippen molar-refractivity contribution < 1.29 is 26.7 Å². The van der Waals surface area contributed by atoms with Crippen LogP contribution in [0.2, 0.25) is 0 Å². The topological polar surface area (TPSA) is 101 Å². The summed E-state index contributed by atoms with van der Waals surface area (Å²) < 4.78 is 26.1. The maximum absolute atomic E-state index is 11.2. The van der Waals surface area contributed by atoms with E-state index in [-0.39, 0.29) is 20.7 Å². The SMILES string of the molecule is CC(=O)c1cccc(OP(=O)(O)O)c1I=O. The minimum atomic E-state index is -4.71. The Kier molecular flexibility index (Phi) is 4.31. The molecule has 1 aromatic carbocycles. The zero-order chi connectivity index (χ0) is 12.3. The average molecular weight is 358 g/mol. The molecule has 0 spiro atoms. The molecule has 0 bridgehead atoms. The number of hydrogen-bond donors (Lipinski definition) is 2. The summed E-state index contributed by atoms with van der Waals surface area (Å²) in [5.41, 5.74) is 0.161. The Hall–Kier alpha value is -0.630. The van der Waals surface area contributed by atoms with Crippen LogP contribution in [0.25, 0.3) is 0 Å². The smallest absolute Gasteiger partial charge is 0.403 e. The number of phosphoric ester groups is 1. The first-order chi connectivity index (χ1) is 7.35. The van der Waals surface area contributed by atoms with Crippen molar-refractivity contribution in [3.8, 4) is 5.75 Å². The predicted octanol–water partition coefficient (Wildman–Crippen LogP) is 1.85. The molecule has 2 N–H and O–H groups in total. The van der Waals surface area contributed by atoms with Crippen molar-refractivity contribution in [3.63, 3.8) is 0 Å². The molecule has 6 nitrogen and oxygen atoms in total. The van der Waals surface area contributed by atoms with Gasteiger partial charge in [-0.2, -0.15) is 0 Å². The first-order valence-corrected chi connectivity index (χ1v) is 7.50. The van der Waals surface area contributed by atoms with Crippen molar-refractivity contribution in [3.05, 3.63) is 27.3 Å². The van der Waals surface area contributed by atoms with E-state index in [1.165, 1.54) is 25.1 Å². The quantitative estimate of drug-likeness (QED) is 0.484. The number of halogens is 1. The molecule has 88 valence electrons. The second-order valence-corrected chi connectivity index (χ2v) is 5.52. The van der Waals surface area contributed by atoms with Crippen LogP contribution in [0.3, 0.4) is 0 Å². The molecule has 16 heavy (non-hydrogen) atoms. The van der Waals surface area contributed by atoms with Crippen molar-refractivity contribution in [2.45, 2.75) is 6.92 Å². The number of Topliss-reactive ketones (excluding diaryl/α,β-unsaturated/α-hetero) is 1.